The number of sulfone groups is 1. The van der Waals surface area contributed by atoms with Gasteiger partial charge in [0.25, 0.3) is 0 Å². The van der Waals surface area contributed by atoms with Crippen molar-refractivity contribution in [1.29, 1.82) is 0 Å². The summed E-state index contributed by atoms with van der Waals surface area (Å²) in [6.07, 6.45) is 9.42. The zero-order valence-corrected chi connectivity index (χ0v) is 19.6. The van der Waals surface area contributed by atoms with E-state index in [0.717, 1.165) is 38.1 Å². The molecular formula is C19H36IN3O3S. The van der Waals surface area contributed by atoms with Gasteiger partial charge in [-0.25, -0.2) is 8.42 Å². The number of halogens is 1. The normalized spacial score (nSPS) is 34.2. The first-order valence-corrected chi connectivity index (χ1v) is 12.1. The Morgan fingerprint density at radius 2 is 1.85 bits per heavy atom. The Labute approximate surface area is 181 Å². The van der Waals surface area contributed by atoms with Crippen LogP contribution in [0.3, 0.4) is 0 Å². The molecule has 6 nitrogen and oxygen atoms in total. The van der Waals surface area contributed by atoms with E-state index in [1.165, 1.54) is 25.7 Å². The van der Waals surface area contributed by atoms with Gasteiger partial charge in [-0.1, -0.05) is 32.6 Å². The maximum Gasteiger partial charge on any atom is 0.191 e. The first kappa shape index (κ1) is 23.2. The number of rotatable bonds is 5. The summed E-state index contributed by atoms with van der Waals surface area (Å²) in [6, 6.07) is 0.456. The van der Waals surface area contributed by atoms with Gasteiger partial charge in [0.1, 0.15) is 0 Å². The predicted molar refractivity (Wildman–Crippen MR) is 120 cm³/mol. The van der Waals surface area contributed by atoms with Crippen LogP contribution in [0.15, 0.2) is 4.99 Å². The molecule has 3 atom stereocenters. The number of hydrogen-bond acceptors (Lipinski definition) is 4. The highest BCUT2D eigenvalue weighted by Gasteiger charge is 2.35. The highest BCUT2D eigenvalue weighted by atomic mass is 127. The molecule has 2 saturated carbocycles. The summed E-state index contributed by atoms with van der Waals surface area (Å²) < 4.78 is 23.3. The lowest BCUT2D eigenvalue weighted by atomic mass is 9.73. The molecule has 3 fully saturated rings. The highest BCUT2D eigenvalue weighted by Crippen LogP contribution is 2.36. The van der Waals surface area contributed by atoms with Crippen LogP contribution in [0.5, 0.6) is 0 Å². The smallest absolute Gasteiger partial charge is 0.191 e. The minimum absolute atomic E-state index is 0. The zero-order chi connectivity index (χ0) is 18.6. The van der Waals surface area contributed by atoms with Crippen LogP contribution in [0.2, 0.25) is 0 Å². The quantitative estimate of drug-likeness (QED) is 0.299. The number of hydrogen-bond donors (Lipinski definition) is 3. The second kappa shape index (κ2) is 10.1. The molecule has 3 aliphatic rings. The Balaban J connectivity index is 0.00000261. The molecule has 27 heavy (non-hydrogen) atoms. The molecule has 3 N–H and O–H groups in total. The molecule has 1 aliphatic heterocycles. The summed E-state index contributed by atoms with van der Waals surface area (Å²) in [6.45, 7) is 3.40. The second-order valence-electron chi connectivity index (χ2n) is 8.86. The molecule has 2 aliphatic carbocycles. The lowest BCUT2D eigenvalue weighted by Crippen LogP contribution is -2.46. The maximum absolute atomic E-state index is 11.7. The average Bonchev–Trinajstić information content (AvgIpc) is 3.22. The lowest BCUT2D eigenvalue weighted by molar-refractivity contribution is 0.00715. The molecule has 1 heterocycles. The number of aliphatic hydroxyl groups excluding tert-OH is 1. The standard InChI is InChI=1S/C19H35N3O3S.HI/c1-19(10-5-4-8-17(19)23)14-21-18(22-16-6-2-3-7-16)20-12-15-9-11-26(24,25)13-15;/h15-17,23H,2-14H2,1H3,(H2,20,21,22);1H. The summed E-state index contributed by atoms with van der Waals surface area (Å²) in [7, 11) is -2.85. The lowest BCUT2D eigenvalue weighted by Gasteiger charge is -2.37. The molecular weight excluding hydrogens is 477 g/mol. The fourth-order valence-corrected chi connectivity index (χ4v) is 6.38. The largest absolute Gasteiger partial charge is 0.392 e. The molecule has 1 saturated heterocycles. The fraction of sp³-hybridized carbons (Fsp3) is 0.947. The van der Waals surface area contributed by atoms with E-state index in [-0.39, 0.29) is 47.2 Å². The molecule has 8 heteroatoms. The third-order valence-corrected chi connectivity index (χ3v) is 8.30. The van der Waals surface area contributed by atoms with Crippen molar-refractivity contribution in [2.45, 2.75) is 76.9 Å². The van der Waals surface area contributed by atoms with E-state index in [9.17, 15) is 13.5 Å². The highest BCUT2D eigenvalue weighted by molar-refractivity contribution is 14.0. The summed E-state index contributed by atoms with van der Waals surface area (Å²) in [5.41, 5.74) is -0.154. The number of aliphatic hydroxyl groups is 1. The van der Waals surface area contributed by atoms with Crippen LogP contribution in [0.25, 0.3) is 0 Å². The minimum atomic E-state index is -2.85. The molecule has 0 radical (unpaired) electrons. The van der Waals surface area contributed by atoms with Crippen LogP contribution < -0.4 is 10.6 Å². The number of nitrogens with zero attached hydrogens (tertiary/aromatic N) is 1. The van der Waals surface area contributed by atoms with Gasteiger partial charge in [0, 0.05) is 18.0 Å². The molecule has 0 aromatic rings. The van der Waals surface area contributed by atoms with Crippen molar-refractivity contribution < 1.29 is 13.5 Å². The number of guanidine groups is 1. The molecule has 0 bridgehead atoms. The first-order valence-electron chi connectivity index (χ1n) is 10.3. The Morgan fingerprint density at radius 3 is 2.48 bits per heavy atom. The molecule has 0 aromatic carbocycles. The topological polar surface area (TPSA) is 90.8 Å². The van der Waals surface area contributed by atoms with E-state index in [1.54, 1.807) is 0 Å². The van der Waals surface area contributed by atoms with Crippen molar-refractivity contribution in [3.63, 3.8) is 0 Å². The van der Waals surface area contributed by atoms with E-state index < -0.39 is 9.84 Å². The Morgan fingerprint density at radius 1 is 1.15 bits per heavy atom. The Kier molecular flexibility index (Phi) is 8.67. The number of nitrogens with one attached hydrogen (secondary N) is 2. The van der Waals surface area contributed by atoms with Crippen LogP contribution in [0, 0.1) is 11.3 Å². The molecule has 0 amide bonds. The van der Waals surface area contributed by atoms with E-state index in [2.05, 4.69) is 17.6 Å². The van der Waals surface area contributed by atoms with Crippen LogP contribution in [-0.4, -0.2) is 56.2 Å². The van der Waals surface area contributed by atoms with Crippen LogP contribution in [0.4, 0.5) is 0 Å². The molecule has 0 spiro atoms. The van der Waals surface area contributed by atoms with Gasteiger partial charge in [0.15, 0.2) is 15.8 Å². The average molecular weight is 513 g/mol. The maximum atomic E-state index is 11.7. The SMILES string of the molecule is CC1(CN=C(NCC2CCS(=O)(=O)C2)NC2CCCC2)CCCCC1O.I. The Hall–Kier alpha value is -0.0900. The van der Waals surface area contributed by atoms with Gasteiger partial charge >= 0.3 is 0 Å². The fourth-order valence-electron chi connectivity index (χ4n) is 4.52. The van der Waals surface area contributed by atoms with Gasteiger partial charge in [0.05, 0.1) is 24.2 Å². The van der Waals surface area contributed by atoms with Crippen LogP contribution in [-0.2, 0) is 9.84 Å². The van der Waals surface area contributed by atoms with Crippen molar-refractivity contribution in [3.05, 3.63) is 0 Å². The minimum Gasteiger partial charge on any atom is -0.392 e. The van der Waals surface area contributed by atoms with Gasteiger partial charge < -0.3 is 15.7 Å². The molecule has 158 valence electrons. The van der Waals surface area contributed by atoms with Crippen molar-refractivity contribution in [3.8, 4) is 0 Å². The van der Waals surface area contributed by atoms with E-state index >= 15 is 0 Å². The second-order valence-corrected chi connectivity index (χ2v) is 11.1. The van der Waals surface area contributed by atoms with Gasteiger partial charge in [-0.05, 0) is 38.0 Å². The Bertz CT molecular complexity index is 607. The van der Waals surface area contributed by atoms with Crippen molar-refractivity contribution >= 4 is 39.8 Å². The first-order chi connectivity index (χ1) is 12.4. The van der Waals surface area contributed by atoms with E-state index in [0.29, 0.717) is 24.9 Å². The van der Waals surface area contributed by atoms with Gasteiger partial charge in [0.2, 0.25) is 0 Å². The van der Waals surface area contributed by atoms with Crippen molar-refractivity contribution in [2.75, 3.05) is 24.6 Å². The third kappa shape index (κ3) is 6.73. The summed E-state index contributed by atoms with van der Waals surface area (Å²) in [5.74, 6) is 1.56. The predicted octanol–water partition coefficient (Wildman–Crippen LogP) is 2.46. The summed E-state index contributed by atoms with van der Waals surface area (Å²) >= 11 is 0. The van der Waals surface area contributed by atoms with Crippen LogP contribution in [0.1, 0.15) is 64.7 Å². The van der Waals surface area contributed by atoms with Gasteiger partial charge in [-0.2, -0.15) is 0 Å². The number of aliphatic imine (C=N–C) groups is 1. The zero-order valence-electron chi connectivity index (χ0n) is 16.5. The van der Waals surface area contributed by atoms with Crippen molar-refractivity contribution in [2.24, 2.45) is 16.3 Å². The molecule has 0 aromatic heterocycles. The van der Waals surface area contributed by atoms with E-state index in [1.807, 2.05) is 0 Å². The monoisotopic (exact) mass is 513 g/mol. The summed E-state index contributed by atoms with van der Waals surface area (Å²) in [5, 5.41) is 17.3. The van der Waals surface area contributed by atoms with E-state index in [4.69, 9.17) is 4.99 Å². The third-order valence-electron chi connectivity index (χ3n) is 6.46. The van der Waals surface area contributed by atoms with Gasteiger partial charge in [-0.15, -0.1) is 24.0 Å². The molecule has 3 rings (SSSR count). The van der Waals surface area contributed by atoms with Crippen molar-refractivity contribution in [1.82, 2.24) is 10.6 Å². The van der Waals surface area contributed by atoms with Crippen LogP contribution >= 0.6 is 24.0 Å². The summed E-state index contributed by atoms with van der Waals surface area (Å²) in [4.78, 5) is 4.82. The van der Waals surface area contributed by atoms with Gasteiger partial charge in [-0.3, -0.25) is 4.99 Å². The molecule has 3 unspecified atom stereocenters.